The van der Waals surface area contributed by atoms with Gasteiger partial charge in [-0.3, -0.25) is 4.79 Å². The highest BCUT2D eigenvalue weighted by molar-refractivity contribution is 7.17. The second kappa shape index (κ2) is 8.90. The maximum atomic E-state index is 12.9. The SMILES string of the molecule is CC(C)OC(=O)c1c(NC(=O)[C@H]2CC=CC[C@H]2C(=O)[O-])sc2c1CCCCC2. The van der Waals surface area contributed by atoms with Crippen LogP contribution < -0.4 is 10.4 Å². The molecule has 0 radical (unpaired) electrons. The van der Waals surface area contributed by atoms with E-state index in [0.717, 1.165) is 42.5 Å². The zero-order chi connectivity index (χ0) is 20.3. The Hall–Kier alpha value is -2.15. The number of aliphatic carboxylic acids is 1. The number of aryl methyl sites for hydroxylation is 1. The maximum absolute atomic E-state index is 12.9. The zero-order valence-corrected chi connectivity index (χ0v) is 17.1. The highest BCUT2D eigenvalue weighted by Crippen LogP contribution is 2.39. The highest BCUT2D eigenvalue weighted by Gasteiger charge is 2.33. The van der Waals surface area contributed by atoms with Gasteiger partial charge in [0.1, 0.15) is 5.00 Å². The quantitative estimate of drug-likeness (QED) is 0.462. The molecule has 6 nitrogen and oxygen atoms in total. The van der Waals surface area contributed by atoms with Gasteiger partial charge in [-0.2, -0.15) is 0 Å². The Morgan fingerprint density at radius 1 is 1.11 bits per heavy atom. The van der Waals surface area contributed by atoms with Gasteiger partial charge in [0.15, 0.2) is 0 Å². The lowest BCUT2D eigenvalue weighted by Gasteiger charge is -2.28. The first-order chi connectivity index (χ1) is 13.4. The molecule has 0 aliphatic heterocycles. The summed E-state index contributed by atoms with van der Waals surface area (Å²) in [6.45, 7) is 3.58. The normalized spacial score (nSPS) is 21.7. The molecule has 3 rings (SSSR count). The summed E-state index contributed by atoms with van der Waals surface area (Å²) >= 11 is 1.42. The van der Waals surface area contributed by atoms with Gasteiger partial charge in [0.05, 0.1) is 17.6 Å². The lowest BCUT2D eigenvalue weighted by Crippen LogP contribution is -2.41. The lowest BCUT2D eigenvalue weighted by molar-refractivity contribution is -0.313. The Balaban J connectivity index is 1.90. The highest BCUT2D eigenvalue weighted by atomic mass is 32.1. The van der Waals surface area contributed by atoms with Crippen molar-refractivity contribution < 1.29 is 24.2 Å². The van der Waals surface area contributed by atoms with Crippen LogP contribution in [0.15, 0.2) is 12.2 Å². The van der Waals surface area contributed by atoms with Crippen molar-refractivity contribution in [1.82, 2.24) is 0 Å². The number of rotatable bonds is 5. The second-order valence-corrected chi connectivity index (χ2v) is 8.79. The Morgan fingerprint density at radius 3 is 2.46 bits per heavy atom. The molecule has 2 atom stereocenters. The molecule has 1 aromatic rings. The summed E-state index contributed by atoms with van der Waals surface area (Å²) in [7, 11) is 0. The number of amides is 1. The summed E-state index contributed by atoms with van der Waals surface area (Å²) in [6, 6.07) is 0. The van der Waals surface area contributed by atoms with Gasteiger partial charge in [0, 0.05) is 16.8 Å². The Labute approximate surface area is 169 Å². The molecule has 2 aliphatic rings. The molecular weight excluding hydrogens is 378 g/mol. The van der Waals surface area contributed by atoms with E-state index in [1.165, 1.54) is 11.3 Å². The van der Waals surface area contributed by atoms with E-state index < -0.39 is 23.8 Å². The van der Waals surface area contributed by atoms with E-state index in [0.29, 0.717) is 17.0 Å². The van der Waals surface area contributed by atoms with Crippen molar-refractivity contribution in [1.29, 1.82) is 0 Å². The summed E-state index contributed by atoms with van der Waals surface area (Å²) in [5.74, 6) is -3.58. The number of esters is 1. The fourth-order valence-electron chi connectivity index (χ4n) is 3.89. The molecule has 0 saturated heterocycles. The number of carbonyl (C=O) groups is 3. The number of thiophene rings is 1. The van der Waals surface area contributed by atoms with Crippen LogP contribution in [-0.2, 0) is 27.2 Å². The standard InChI is InChI=1S/C21H27NO5S/c1-12(2)27-21(26)17-15-10-4-3-5-11-16(15)28-19(17)22-18(23)13-8-6-7-9-14(13)20(24)25/h6-7,12-14H,3-5,8-11H2,1-2H3,(H,22,23)(H,24,25)/p-1/t13-,14+/m0/s1. The molecule has 0 bridgehead atoms. The van der Waals surface area contributed by atoms with Crippen molar-refractivity contribution in [3.8, 4) is 0 Å². The summed E-state index contributed by atoms with van der Waals surface area (Å²) in [4.78, 5) is 38.2. The number of ether oxygens (including phenoxy) is 1. The van der Waals surface area contributed by atoms with Gasteiger partial charge in [-0.15, -0.1) is 11.3 Å². The Bertz CT molecular complexity index is 795. The predicted octanol–water partition coefficient (Wildman–Crippen LogP) is 2.85. The summed E-state index contributed by atoms with van der Waals surface area (Å²) in [5, 5.41) is 14.8. The Kier molecular flexibility index (Phi) is 6.54. The number of nitrogens with one attached hydrogen (secondary N) is 1. The van der Waals surface area contributed by atoms with Crippen molar-refractivity contribution in [3.05, 3.63) is 28.2 Å². The van der Waals surface area contributed by atoms with Crippen LogP contribution in [0.2, 0.25) is 0 Å². The first kappa shape index (κ1) is 20.6. The molecule has 0 aromatic carbocycles. The minimum absolute atomic E-state index is 0.261. The minimum Gasteiger partial charge on any atom is -0.550 e. The summed E-state index contributed by atoms with van der Waals surface area (Å²) < 4.78 is 5.43. The number of carboxylic acid groups (broad SMARTS) is 1. The van der Waals surface area contributed by atoms with Crippen LogP contribution in [0, 0.1) is 11.8 Å². The smallest absolute Gasteiger partial charge is 0.341 e. The van der Waals surface area contributed by atoms with E-state index in [4.69, 9.17) is 4.74 Å². The van der Waals surface area contributed by atoms with Crippen LogP contribution >= 0.6 is 11.3 Å². The topological polar surface area (TPSA) is 95.5 Å². The average Bonchev–Trinajstić information content (AvgIpc) is 2.81. The molecule has 1 amide bonds. The van der Waals surface area contributed by atoms with Crippen molar-refractivity contribution in [2.75, 3.05) is 5.32 Å². The van der Waals surface area contributed by atoms with Crippen molar-refractivity contribution >= 4 is 34.2 Å². The largest absolute Gasteiger partial charge is 0.550 e. The minimum atomic E-state index is -1.22. The van der Waals surface area contributed by atoms with Gasteiger partial charge in [-0.1, -0.05) is 18.6 Å². The number of allylic oxidation sites excluding steroid dienone is 2. The fourth-order valence-corrected chi connectivity index (χ4v) is 5.17. The van der Waals surface area contributed by atoms with Crippen LogP contribution in [0.4, 0.5) is 5.00 Å². The fraction of sp³-hybridized carbons (Fsp3) is 0.571. The van der Waals surface area contributed by atoms with Crippen LogP contribution in [0.3, 0.4) is 0 Å². The molecule has 0 unspecified atom stereocenters. The molecule has 0 saturated carbocycles. The van der Waals surface area contributed by atoms with E-state index in [1.54, 1.807) is 19.9 Å². The average molecular weight is 405 g/mol. The van der Waals surface area contributed by atoms with Gasteiger partial charge >= 0.3 is 5.97 Å². The summed E-state index contributed by atoms with van der Waals surface area (Å²) in [6.07, 6.45) is 8.80. The first-order valence-electron chi connectivity index (χ1n) is 9.90. The molecule has 152 valence electrons. The van der Waals surface area contributed by atoms with Gasteiger partial charge < -0.3 is 20.0 Å². The molecule has 1 aromatic heterocycles. The molecule has 7 heteroatoms. The monoisotopic (exact) mass is 404 g/mol. The summed E-state index contributed by atoms with van der Waals surface area (Å²) in [5.41, 5.74) is 1.42. The second-order valence-electron chi connectivity index (χ2n) is 7.69. The molecule has 0 spiro atoms. The third-order valence-corrected chi connectivity index (χ3v) is 6.48. The van der Waals surface area contributed by atoms with Gasteiger partial charge in [0.25, 0.3) is 0 Å². The van der Waals surface area contributed by atoms with Crippen molar-refractivity contribution in [2.24, 2.45) is 11.8 Å². The number of carbonyl (C=O) groups excluding carboxylic acids is 3. The molecule has 0 fully saturated rings. The molecule has 28 heavy (non-hydrogen) atoms. The third kappa shape index (κ3) is 4.46. The number of hydrogen-bond donors (Lipinski definition) is 1. The number of carboxylic acids is 1. The van der Waals surface area contributed by atoms with Crippen LogP contribution in [0.25, 0.3) is 0 Å². The maximum Gasteiger partial charge on any atom is 0.341 e. The Morgan fingerprint density at radius 2 is 1.79 bits per heavy atom. The first-order valence-corrected chi connectivity index (χ1v) is 10.7. The zero-order valence-electron chi connectivity index (χ0n) is 16.3. The van der Waals surface area contributed by atoms with Gasteiger partial charge in [-0.25, -0.2) is 4.79 Å². The third-order valence-electron chi connectivity index (χ3n) is 5.28. The molecular formula is C21H26NO5S-. The van der Waals surface area contributed by atoms with Gasteiger partial charge in [0.2, 0.25) is 5.91 Å². The van der Waals surface area contributed by atoms with Crippen molar-refractivity contribution in [2.45, 2.75) is 64.9 Å². The van der Waals surface area contributed by atoms with E-state index in [2.05, 4.69) is 5.32 Å². The van der Waals surface area contributed by atoms with E-state index in [9.17, 15) is 19.5 Å². The van der Waals surface area contributed by atoms with Crippen LogP contribution in [-0.4, -0.2) is 23.9 Å². The lowest BCUT2D eigenvalue weighted by atomic mass is 9.82. The van der Waals surface area contributed by atoms with Gasteiger partial charge in [-0.05, 0) is 57.9 Å². The predicted molar refractivity (Wildman–Crippen MR) is 105 cm³/mol. The van der Waals surface area contributed by atoms with E-state index >= 15 is 0 Å². The number of hydrogen-bond acceptors (Lipinski definition) is 6. The molecule has 2 aliphatic carbocycles. The van der Waals surface area contributed by atoms with Crippen LogP contribution in [0.5, 0.6) is 0 Å². The van der Waals surface area contributed by atoms with Crippen LogP contribution in [0.1, 0.15) is 66.8 Å². The molecule has 1 heterocycles. The van der Waals surface area contributed by atoms with E-state index in [-0.39, 0.29) is 18.4 Å². The molecule has 1 N–H and O–H groups in total. The van der Waals surface area contributed by atoms with Crippen molar-refractivity contribution in [3.63, 3.8) is 0 Å². The number of fused-ring (bicyclic) bond motifs is 1. The van der Waals surface area contributed by atoms with E-state index in [1.807, 2.05) is 6.08 Å². The number of anilines is 1.